The zero-order valence-electron chi connectivity index (χ0n) is 12.6. The molecule has 0 radical (unpaired) electrons. The van der Waals surface area contributed by atoms with Crippen molar-refractivity contribution in [1.82, 2.24) is 20.3 Å². The molecule has 0 aromatic carbocycles. The van der Waals surface area contributed by atoms with Crippen molar-refractivity contribution in [3.8, 4) is 11.3 Å². The van der Waals surface area contributed by atoms with E-state index in [0.29, 0.717) is 13.0 Å². The highest BCUT2D eigenvalue weighted by Gasteiger charge is 2.10. The lowest BCUT2D eigenvalue weighted by atomic mass is 10.1. The van der Waals surface area contributed by atoms with Crippen LogP contribution < -0.4 is 5.32 Å². The van der Waals surface area contributed by atoms with Gasteiger partial charge in [-0.1, -0.05) is 19.9 Å². The van der Waals surface area contributed by atoms with Crippen molar-refractivity contribution < 1.29 is 4.79 Å². The van der Waals surface area contributed by atoms with Crippen molar-refractivity contribution in [2.45, 2.75) is 27.2 Å². The van der Waals surface area contributed by atoms with Crippen molar-refractivity contribution in [1.29, 1.82) is 0 Å². The molecule has 0 saturated carbocycles. The van der Waals surface area contributed by atoms with Gasteiger partial charge in [0.25, 0.3) is 0 Å². The van der Waals surface area contributed by atoms with Crippen LogP contribution in [-0.4, -0.2) is 27.4 Å². The van der Waals surface area contributed by atoms with E-state index in [1.54, 1.807) is 12.4 Å². The van der Waals surface area contributed by atoms with E-state index in [4.69, 9.17) is 0 Å². The fraction of sp³-hybridized carbons (Fsp3) is 0.375. The molecule has 21 heavy (non-hydrogen) atoms. The average molecular weight is 284 g/mol. The highest BCUT2D eigenvalue weighted by molar-refractivity contribution is 5.77. The summed E-state index contributed by atoms with van der Waals surface area (Å²) in [4.78, 5) is 24.7. The number of aromatic nitrogens is 3. The number of aryl methyl sites for hydroxylation is 1. The van der Waals surface area contributed by atoms with Crippen LogP contribution in [0.5, 0.6) is 0 Å². The Balaban J connectivity index is 2.15. The van der Waals surface area contributed by atoms with Crippen LogP contribution in [0.15, 0.2) is 30.6 Å². The molecule has 0 spiro atoms. The van der Waals surface area contributed by atoms with Gasteiger partial charge in [-0.3, -0.25) is 9.78 Å². The van der Waals surface area contributed by atoms with Gasteiger partial charge in [-0.05, 0) is 19.1 Å². The molecule has 2 heterocycles. The summed E-state index contributed by atoms with van der Waals surface area (Å²) in [5.41, 5.74) is 2.67. The number of carbonyl (C=O) groups excluding carboxylic acids is 1. The minimum absolute atomic E-state index is 0.00704. The lowest BCUT2D eigenvalue weighted by Crippen LogP contribution is -2.29. The third-order valence-electron chi connectivity index (χ3n) is 3.11. The Labute approximate surface area is 124 Å². The summed E-state index contributed by atoms with van der Waals surface area (Å²) >= 11 is 0. The van der Waals surface area contributed by atoms with E-state index in [1.807, 2.05) is 39.0 Å². The molecule has 0 aliphatic heterocycles. The maximum absolute atomic E-state index is 11.6. The van der Waals surface area contributed by atoms with Crippen molar-refractivity contribution in [2.24, 2.45) is 5.92 Å². The molecular formula is C16H20N4O. The average Bonchev–Trinajstić information content (AvgIpc) is 2.48. The van der Waals surface area contributed by atoms with Crippen molar-refractivity contribution in [2.75, 3.05) is 6.54 Å². The third-order valence-corrected chi connectivity index (χ3v) is 3.11. The van der Waals surface area contributed by atoms with Crippen molar-refractivity contribution in [3.05, 3.63) is 42.1 Å². The molecule has 2 aromatic rings. The first-order valence-corrected chi connectivity index (χ1v) is 7.09. The third kappa shape index (κ3) is 4.08. The number of nitrogens with zero attached hydrogens (tertiary/aromatic N) is 3. The minimum Gasteiger partial charge on any atom is -0.355 e. The highest BCUT2D eigenvalue weighted by atomic mass is 16.1. The van der Waals surface area contributed by atoms with Crippen LogP contribution in [0, 0.1) is 12.8 Å². The first-order valence-electron chi connectivity index (χ1n) is 7.09. The fourth-order valence-corrected chi connectivity index (χ4v) is 1.95. The smallest absolute Gasteiger partial charge is 0.222 e. The number of carbonyl (C=O) groups is 1. The molecule has 0 aliphatic carbocycles. The molecular weight excluding hydrogens is 264 g/mol. The molecule has 0 atom stereocenters. The van der Waals surface area contributed by atoms with E-state index in [-0.39, 0.29) is 11.8 Å². The Kier molecular flexibility index (Phi) is 4.98. The summed E-state index contributed by atoms with van der Waals surface area (Å²) in [7, 11) is 0. The number of amides is 1. The van der Waals surface area contributed by atoms with Gasteiger partial charge < -0.3 is 5.32 Å². The number of hydrogen-bond acceptors (Lipinski definition) is 4. The second-order valence-corrected chi connectivity index (χ2v) is 5.19. The molecule has 0 saturated heterocycles. The Morgan fingerprint density at radius 1 is 1.29 bits per heavy atom. The van der Waals surface area contributed by atoms with Gasteiger partial charge >= 0.3 is 0 Å². The summed E-state index contributed by atoms with van der Waals surface area (Å²) in [6.07, 6.45) is 4.21. The number of nitrogens with one attached hydrogen (secondary N) is 1. The van der Waals surface area contributed by atoms with Crippen LogP contribution in [0.4, 0.5) is 0 Å². The van der Waals surface area contributed by atoms with Gasteiger partial charge in [-0.15, -0.1) is 0 Å². The normalized spacial score (nSPS) is 10.7. The molecule has 5 heteroatoms. The molecule has 1 N–H and O–H groups in total. The Hall–Kier alpha value is -2.30. The molecule has 5 nitrogen and oxygen atoms in total. The lowest BCUT2D eigenvalue weighted by Gasteiger charge is -2.10. The second kappa shape index (κ2) is 6.92. The van der Waals surface area contributed by atoms with Crippen molar-refractivity contribution in [3.63, 3.8) is 0 Å². The van der Waals surface area contributed by atoms with E-state index < -0.39 is 0 Å². The van der Waals surface area contributed by atoms with E-state index in [1.165, 1.54) is 0 Å². The van der Waals surface area contributed by atoms with Crippen LogP contribution in [0.25, 0.3) is 11.3 Å². The maximum atomic E-state index is 11.6. The van der Waals surface area contributed by atoms with Crippen LogP contribution in [-0.2, 0) is 11.2 Å². The van der Waals surface area contributed by atoms with Crippen LogP contribution in [0.2, 0.25) is 0 Å². The second-order valence-electron chi connectivity index (χ2n) is 5.19. The molecule has 2 rings (SSSR count). The van der Waals surface area contributed by atoms with Gasteiger partial charge in [0, 0.05) is 36.8 Å². The van der Waals surface area contributed by atoms with Gasteiger partial charge in [-0.2, -0.15) is 0 Å². The lowest BCUT2D eigenvalue weighted by molar-refractivity contribution is -0.123. The predicted octanol–water partition coefficient (Wildman–Crippen LogP) is 2.16. The summed E-state index contributed by atoms with van der Waals surface area (Å²) < 4.78 is 0. The van der Waals surface area contributed by atoms with Gasteiger partial charge in [0.1, 0.15) is 5.82 Å². The highest BCUT2D eigenvalue weighted by Crippen LogP contribution is 2.19. The Morgan fingerprint density at radius 2 is 2.10 bits per heavy atom. The molecule has 1 amide bonds. The maximum Gasteiger partial charge on any atom is 0.222 e. The van der Waals surface area contributed by atoms with Crippen LogP contribution in [0.3, 0.4) is 0 Å². The zero-order chi connectivity index (χ0) is 15.2. The summed E-state index contributed by atoms with van der Waals surface area (Å²) in [6, 6.07) is 5.75. The quantitative estimate of drug-likeness (QED) is 0.913. The van der Waals surface area contributed by atoms with Crippen molar-refractivity contribution >= 4 is 5.91 Å². The van der Waals surface area contributed by atoms with E-state index >= 15 is 0 Å². The van der Waals surface area contributed by atoms with Gasteiger partial charge in [0.2, 0.25) is 5.91 Å². The number of hydrogen-bond donors (Lipinski definition) is 1. The first kappa shape index (κ1) is 15.1. The van der Waals surface area contributed by atoms with E-state index in [9.17, 15) is 4.79 Å². The summed E-state index contributed by atoms with van der Waals surface area (Å²) in [6.45, 7) is 6.18. The largest absolute Gasteiger partial charge is 0.355 e. The summed E-state index contributed by atoms with van der Waals surface area (Å²) in [5.74, 6) is 0.771. The molecule has 0 unspecified atom stereocenters. The topological polar surface area (TPSA) is 67.8 Å². The molecule has 0 fully saturated rings. The predicted molar refractivity (Wildman–Crippen MR) is 81.6 cm³/mol. The van der Waals surface area contributed by atoms with Gasteiger partial charge in [-0.25, -0.2) is 9.97 Å². The van der Waals surface area contributed by atoms with E-state index in [0.717, 1.165) is 22.8 Å². The Morgan fingerprint density at radius 3 is 2.76 bits per heavy atom. The van der Waals surface area contributed by atoms with E-state index in [2.05, 4.69) is 20.3 Å². The standard InChI is InChI=1S/C16H20N4O/c1-11(2)16(21)18-9-7-15-13(10-19-12(3)20-15)14-6-4-5-8-17-14/h4-6,8,10-11H,7,9H2,1-3H3,(H,18,21). The zero-order valence-corrected chi connectivity index (χ0v) is 12.6. The minimum atomic E-state index is -0.00704. The fourth-order valence-electron chi connectivity index (χ4n) is 1.95. The number of rotatable bonds is 5. The van der Waals surface area contributed by atoms with Crippen LogP contribution >= 0.6 is 0 Å². The van der Waals surface area contributed by atoms with Gasteiger partial charge in [0.05, 0.1) is 11.4 Å². The molecule has 2 aromatic heterocycles. The molecule has 0 aliphatic rings. The monoisotopic (exact) mass is 284 g/mol. The Bertz CT molecular complexity index is 611. The van der Waals surface area contributed by atoms with Crippen LogP contribution in [0.1, 0.15) is 25.4 Å². The first-order chi connectivity index (χ1) is 10.1. The van der Waals surface area contributed by atoms with Gasteiger partial charge in [0.15, 0.2) is 0 Å². The molecule has 110 valence electrons. The number of pyridine rings is 1. The SMILES string of the molecule is Cc1ncc(-c2ccccn2)c(CCNC(=O)C(C)C)n1. The molecule has 0 bridgehead atoms. The summed E-state index contributed by atoms with van der Waals surface area (Å²) in [5, 5.41) is 2.91.